The molecule has 0 unspecified atom stereocenters. The zero-order valence-electron chi connectivity index (χ0n) is 11.0. The van der Waals surface area contributed by atoms with Crippen LogP contribution in [0.4, 0.5) is 0 Å². The summed E-state index contributed by atoms with van der Waals surface area (Å²) in [7, 11) is 0. The Hall–Kier alpha value is 0.270. The molecule has 2 nitrogen and oxygen atoms in total. The van der Waals surface area contributed by atoms with Crippen LogP contribution in [0.1, 0.15) is 27.2 Å². The maximum Gasteiger partial charge on any atom is 0.0116 e. The molecule has 2 aliphatic heterocycles. The van der Waals surface area contributed by atoms with Crippen LogP contribution in [0.5, 0.6) is 0 Å². The van der Waals surface area contributed by atoms with E-state index in [0.717, 1.165) is 11.8 Å². The molecular weight excluding hydrogens is 216 g/mol. The van der Waals surface area contributed by atoms with Crippen molar-refractivity contribution in [1.29, 1.82) is 0 Å². The van der Waals surface area contributed by atoms with Crippen LogP contribution in [-0.2, 0) is 0 Å². The van der Waals surface area contributed by atoms with Gasteiger partial charge in [-0.2, -0.15) is 11.8 Å². The van der Waals surface area contributed by atoms with Gasteiger partial charge in [-0.25, -0.2) is 0 Å². The van der Waals surface area contributed by atoms with Crippen LogP contribution in [0.25, 0.3) is 0 Å². The summed E-state index contributed by atoms with van der Waals surface area (Å²) in [6, 6.07) is 0. The van der Waals surface area contributed by atoms with E-state index in [1.165, 1.54) is 44.9 Å². The molecule has 16 heavy (non-hydrogen) atoms. The lowest BCUT2D eigenvalue weighted by molar-refractivity contribution is 0.226. The van der Waals surface area contributed by atoms with Crippen molar-refractivity contribution in [1.82, 2.24) is 10.2 Å². The fraction of sp³-hybridized carbons (Fsp3) is 1.00. The van der Waals surface area contributed by atoms with Gasteiger partial charge in [-0.15, -0.1) is 0 Å². The Morgan fingerprint density at radius 3 is 2.81 bits per heavy atom. The van der Waals surface area contributed by atoms with E-state index in [2.05, 4.69) is 42.7 Å². The highest BCUT2D eigenvalue weighted by atomic mass is 32.2. The summed E-state index contributed by atoms with van der Waals surface area (Å²) in [6.07, 6.45) is 1.34. The molecule has 0 radical (unpaired) electrons. The van der Waals surface area contributed by atoms with Gasteiger partial charge in [0.05, 0.1) is 0 Å². The first-order valence-corrected chi connectivity index (χ1v) is 7.62. The maximum atomic E-state index is 3.51. The first kappa shape index (κ1) is 12.7. The number of hydrogen-bond donors (Lipinski definition) is 1. The lowest BCUT2D eigenvalue weighted by Gasteiger charge is -2.26. The minimum atomic E-state index is 0.494. The number of thioether (sulfide) groups is 1. The lowest BCUT2D eigenvalue weighted by Crippen LogP contribution is -2.34. The van der Waals surface area contributed by atoms with Crippen LogP contribution in [0.15, 0.2) is 0 Å². The molecule has 0 aromatic carbocycles. The van der Waals surface area contributed by atoms with Gasteiger partial charge in [0.2, 0.25) is 0 Å². The zero-order chi connectivity index (χ0) is 11.6. The molecule has 94 valence electrons. The molecule has 1 N–H and O–H groups in total. The van der Waals surface area contributed by atoms with Gasteiger partial charge in [-0.05, 0) is 37.9 Å². The van der Waals surface area contributed by atoms with Gasteiger partial charge in [0.15, 0.2) is 0 Å². The summed E-state index contributed by atoms with van der Waals surface area (Å²) in [5.41, 5.74) is 0. The van der Waals surface area contributed by atoms with Crippen LogP contribution in [0, 0.1) is 11.8 Å². The van der Waals surface area contributed by atoms with Gasteiger partial charge in [0, 0.05) is 23.6 Å². The molecule has 2 atom stereocenters. The molecule has 2 rings (SSSR count). The molecule has 0 aromatic rings. The van der Waals surface area contributed by atoms with E-state index in [-0.39, 0.29) is 0 Å². The van der Waals surface area contributed by atoms with Crippen LogP contribution in [0.3, 0.4) is 0 Å². The second kappa shape index (κ2) is 5.28. The Kier molecular flexibility index (Phi) is 4.20. The van der Waals surface area contributed by atoms with E-state index in [9.17, 15) is 0 Å². The number of hydrogen-bond acceptors (Lipinski definition) is 3. The van der Waals surface area contributed by atoms with Crippen molar-refractivity contribution in [3.8, 4) is 0 Å². The molecule has 0 bridgehead atoms. The van der Waals surface area contributed by atoms with Crippen LogP contribution in [-0.4, -0.2) is 48.1 Å². The third kappa shape index (κ3) is 3.38. The summed E-state index contributed by atoms with van der Waals surface area (Å²) in [5, 5.41) is 3.51. The van der Waals surface area contributed by atoms with Crippen molar-refractivity contribution >= 4 is 11.8 Å². The van der Waals surface area contributed by atoms with Crippen molar-refractivity contribution in [2.75, 3.05) is 38.5 Å². The van der Waals surface area contributed by atoms with Crippen molar-refractivity contribution in [3.05, 3.63) is 0 Å². The second-order valence-corrected chi connectivity index (χ2v) is 7.86. The molecule has 0 aliphatic carbocycles. The Labute approximate surface area is 105 Å². The Morgan fingerprint density at radius 1 is 1.31 bits per heavy atom. The lowest BCUT2D eigenvalue weighted by atomic mass is 9.97. The van der Waals surface area contributed by atoms with Gasteiger partial charge in [-0.1, -0.05) is 20.8 Å². The Balaban J connectivity index is 1.81. The highest BCUT2D eigenvalue weighted by Gasteiger charge is 2.28. The summed E-state index contributed by atoms with van der Waals surface area (Å²) in [4.78, 5) is 2.69. The molecule has 2 aliphatic rings. The monoisotopic (exact) mass is 242 g/mol. The number of nitrogens with zero attached hydrogens (tertiary/aromatic N) is 1. The van der Waals surface area contributed by atoms with Crippen molar-refractivity contribution < 1.29 is 0 Å². The Morgan fingerprint density at radius 2 is 2.12 bits per heavy atom. The molecule has 0 amide bonds. The SMILES string of the molecule is C[C@@H]1CNC[C@H]1CN1CCSC(C)(C)CC1. The van der Waals surface area contributed by atoms with Crippen LogP contribution in [0.2, 0.25) is 0 Å². The summed E-state index contributed by atoms with van der Waals surface area (Å²) >= 11 is 2.15. The molecule has 0 spiro atoms. The number of rotatable bonds is 2. The predicted molar refractivity (Wildman–Crippen MR) is 73.1 cm³/mol. The van der Waals surface area contributed by atoms with E-state index in [1.807, 2.05) is 0 Å². The first-order chi connectivity index (χ1) is 7.57. The van der Waals surface area contributed by atoms with Gasteiger partial charge < -0.3 is 10.2 Å². The Bertz CT molecular complexity index is 230. The highest BCUT2D eigenvalue weighted by molar-refractivity contribution is 8.00. The number of nitrogens with one attached hydrogen (secondary N) is 1. The molecule has 2 fully saturated rings. The van der Waals surface area contributed by atoms with Gasteiger partial charge in [0.1, 0.15) is 0 Å². The smallest absolute Gasteiger partial charge is 0.0116 e. The third-order valence-electron chi connectivity index (χ3n) is 4.10. The quantitative estimate of drug-likeness (QED) is 0.798. The van der Waals surface area contributed by atoms with E-state index in [1.54, 1.807) is 0 Å². The standard InChI is InChI=1S/C13H26N2S/c1-11-8-14-9-12(11)10-15-5-4-13(2,3)16-7-6-15/h11-12,14H,4-10H2,1-3H3/t11-,12+/m1/s1. The van der Waals surface area contributed by atoms with E-state index < -0.39 is 0 Å². The van der Waals surface area contributed by atoms with E-state index in [4.69, 9.17) is 0 Å². The topological polar surface area (TPSA) is 15.3 Å². The maximum absolute atomic E-state index is 3.51. The third-order valence-corrected chi connectivity index (χ3v) is 5.47. The molecule has 2 heterocycles. The fourth-order valence-electron chi connectivity index (χ4n) is 2.69. The highest BCUT2D eigenvalue weighted by Crippen LogP contribution is 2.31. The van der Waals surface area contributed by atoms with Gasteiger partial charge in [0.25, 0.3) is 0 Å². The first-order valence-electron chi connectivity index (χ1n) is 6.64. The van der Waals surface area contributed by atoms with Crippen molar-refractivity contribution in [2.45, 2.75) is 31.9 Å². The second-order valence-electron chi connectivity index (χ2n) is 6.05. The predicted octanol–water partition coefficient (Wildman–Crippen LogP) is 2.06. The average Bonchev–Trinajstić information content (AvgIpc) is 2.52. The average molecular weight is 242 g/mol. The minimum absolute atomic E-state index is 0.494. The summed E-state index contributed by atoms with van der Waals surface area (Å²) < 4.78 is 0.494. The van der Waals surface area contributed by atoms with Crippen LogP contribution >= 0.6 is 11.8 Å². The fourth-order valence-corrected chi connectivity index (χ4v) is 3.82. The zero-order valence-corrected chi connectivity index (χ0v) is 11.8. The molecular formula is C13H26N2S. The molecule has 0 aromatic heterocycles. The van der Waals surface area contributed by atoms with Crippen molar-refractivity contribution in [2.24, 2.45) is 11.8 Å². The minimum Gasteiger partial charge on any atom is -0.316 e. The van der Waals surface area contributed by atoms with E-state index >= 15 is 0 Å². The van der Waals surface area contributed by atoms with Gasteiger partial charge >= 0.3 is 0 Å². The van der Waals surface area contributed by atoms with E-state index in [0.29, 0.717) is 4.75 Å². The largest absolute Gasteiger partial charge is 0.316 e. The molecule has 3 heteroatoms. The van der Waals surface area contributed by atoms with Crippen molar-refractivity contribution in [3.63, 3.8) is 0 Å². The normalized spacial score (nSPS) is 36.2. The van der Waals surface area contributed by atoms with Gasteiger partial charge in [-0.3, -0.25) is 0 Å². The summed E-state index contributed by atoms with van der Waals surface area (Å²) in [5.74, 6) is 3.05. The summed E-state index contributed by atoms with van der Waals surface area (Å²) in [6.45, 7) is 13.5. The molecule has 2 saturated heterocycles. The van der Waals surface area contributed by atoms with Crippen LogP contribution < -0.4 is 5.32 Å². The molecule has 0 saturated carbocycles.